The fourth-order valence-corrected chi connectivity index (χ4v) is 4.69. The van der Waals surface area contributed by atoms with Gasteiger partial charge in [0.15, 0.2) is 5.82 Å². The predicted molar refractivity (Wildman–Crippen MR) is 139 cm³/mol. The summed E-state index contributed by atoms with van der Waals surface area (Å²) in [6, 6.07) is 7.59. The standard InChI is InChI=1S/C27H35FN6O2/c1-18-4-7-22(19(2)14-18)31-25-21(27(35)32-36-16-20-5-6-20)15-23-26(24(25)28)30-17-34(23)11-3-10-33-12-8-29-9-13-33/h4,7,14-15,17,20,29,31H,3,5-6,8-13,16H2,1-2H3,(H,32,35). The van der Waals surface area contributed by atoms with Gasteiger partial charge < -0.3 is 20.1 Å². The molecule has 1 aromatic heterocycles. The van der Waals surface area contributed by atoms with Crippen LogP contribution in [0.15, 0.2) is 30.6 Å². The smallest absolute Gasteiger partial charge is 0.277 e. The number of fused-ring (bicyclic) bond motifs is 1. The van der Waals surface area contributed by atoms with Gasteiger partial charge in [-0.05, 0) is 63.3 Å². The second-order valence-electron chi connectivity index (χ2n) is 9.99. The highest BCUT2D eigenvalue weighted by Gasteiger charge is 2.25. The average Bonchev–Trinajstić information content (AvgIpc) is 3.61. The van der Waals surface area contributed by atoms with Crippen LogP contribution in [0.5, 0.6) is 0 Å². The molecule has 1 amide bonds. The van der Waals surface area contributed by atoms with Crippen molar-refractivity contribution in [1.29, 1.82) is 0 Å². The van der Waals surface area contributed by atoms with E-state index in [2.05, 4.69) is 26.0 Å². The van der Waals surface area contributed by atoms with E-state index in [0.29, 0.717) is 24.6 Å². The molecule has 2 fully saturated rings. The lowest BCUT2D eigenvalue weighted by Gasteiger charge is -2.27. The second-order valence-corrected chi connectivity index (χ2v) is 9.99. The lowest BCUT2D eigenvalue weighted by Crippen LogP contribution is -2.43. The Morgan fingerprint density at radius 2 is 2.00 bits per heavy atom. The van der Waals surface area contributed by atoms with E-state index in [0.717, 1.165) is 68.8 Å². The molecular weight excluding hydrogens is 459 g/mol. The number of hydroxylamine groups is 1. The maximum Gasteiger partial charge on any atom is 0.277 e. The number of halogens is 1. The average molecular weight is 495 g/mol. The number of anilines is 2. The molecule has 36 heavy (non-hydrogen) atoms. The van der Waals surface area contributed by atoms with Gasteiger partial charge in [0.25, 0.3) is 5.91 Å². The molecule has 2 aliphatic rings. The molecule has 9 heteroatoms. The van der Waals surface area contributed by atoms with Crippen molar-refractivity contribution in [3.63, 3.8) is 0 Å². The highest BCUT2D eigenvalue weighted by atomic mass is 19.1. The van der Waals surface area contributed by atoms with E-state index >= 15 is 4.39 Å². The normalized spacial score (nSPS) is 16.4. The lowest BCUT2D eigenvalue weighted by atomic mass is 10.1. The van der Waals surface area contributed by atoms with E-state index in [4.69, 9.17) is 4.84 Å². The number of nitrogens with zero attached hydrogens (tertiary/aromatic N) is 3. The van der Waals surface area contributed by atoms with E-state index in [1.54, 1.807) is 12.4 Å². The Morgan fingerprint density at radius 1 is 1.19 bits per heavy atom. The number of hydrogen-bond donors (Lipinski definition) is 3. The second kappa shape index (κ2) is 10.9. The van der Waals surface area contributed by atoms with Crippen molar-refractivity contribution >= 4 is 28.3 Å². The van der Waals surface area contributed by atoms with Crippen LogP contribution >= 0.6 is 0 Å². The predicted octanol–water partition coefficient (Wildman–Crippen LogP) is 3.90. The van der Waals surface area contributed by atoms with Crippen molar-refractivity contribution in [3.05, 3.63) is 53.1 Å². The number of carbonyl (C=O) groups is 1. The molecule has 2 heterocycles. The molecule has 192 valence electrons. The van der Waals surface area contributed by atoms with Gasteiger partial charge in [-0.2, -0.15) is 0 Å². The Balaban J connectivity index is 1.42. The lowest BCUT2D eigenvalue weighted by molar-refractivity contribution is 0.0271. The highest BCUT2D eigenvalue weighted by molar-refractivity contribution is 6.04. The molecule has 3 aromatic rings. The van der Waals surface area contributed by atoms with Crippen molar-refractivity contribution in [2.75, 3.05) is 44.6 Å². The first-order chi connectivity index (χ1) is 17.5. The Bertz CT molecular complexity index is 1230. The largest absolute Gasteiger partial charge is 0.352 e. The fraction of sp³-hybridized carbons (Fsp3) is 0.481. The summed E-state index contributed by atoms with van der Waals surface area (Å²) in [6.07, 6.45) is 4.81. The minimum atomic E-state index is -0.541. The number of rotatable bonds is 10. The van der Waals surface area contributed by atoms with Crippen LogP contribution in [0, 0.1) is 25.6 Å². The van der Waals surface area contributed by atoms with Crippen LogP contribution in [0.25, 0.3) is 11.0 Å². The Morgan fingerprint density at radius 3 is 2.75 bits per heavy atom. The van der Waals surface area contributed by atoms with Gasteiger partial charge >= 0.3 is 0 Å². The number of hydrogen-bond acceptors (Lipinski definition) is 6. The number of aromatic nitrogens is 2. The first-order valence-corrected chi connectivity index (χ1v) is 12.9. The third-order valence-electron chi connectivity index (χ3n) is 7.01. The van der Waals surface area contributed by atoms with Crippen LogP contribution in [-0.4, -0.2) is 59.7 Å². The van der Waals surface area contributed by atoms with Gasteiger partial charge in [0.2, 0.25) is 0 Å². The number of piperazine rings is 1. The minimum Gasteiger partial charge on any atom is -0.352 e. The van der Waals surface area contributed by atoms with Crippen LogP contribution in [0.1, 0.15) is 40.7 Å². The van der Waals surface area contributed by atoms with E-state index < -0.39 is 11.7 Å². The number of nitrogens with one attached hydrogen (secondary N) is 3. The molecular formula is C27H35FN6O2. The quantitative estimate of drug-likeness (QED) is 0.371. The molecule has 3 N–H and O–H groups in total. The van der Waals surface area contributed by atoms with Crippen LogP contribution in [-0.2, 0) is 11.4 Å². The van der Waals surface area contributed by atoms with Crippen LogP contribution in [0.3, 0.4) is 0 Å². The zero-order valence-corrected chi connectivity index (χ0v) is 21.1. The maximum atomic E-state index is 15.9. The molecule has 1 aliphatic heterocycles. The summed E-state index contributed by atoms with van der Waals surface area (Å²) >= 11 is 0. The van der Waals surface area contributed by atoms with Crippen molar-refractivity contribution in [2.24, 2.45) is 5.92 Å². The number of benzene rings is 2. The van der Waals surface area contributed by atoms with E-state index in [1.807, 2.05) is 36.6 Å². The molecule has 0 bridgehead atoms. The van der Waals surface area contributed by atoms with Gasteiger partial charge in [-0.15, -0.1) is 0 Å². The van der Waals surface area contributed by atoms with Crippen LogP contribution < -0.4 is 16.1 Å². The summed E-state index contributed by atoms with van der Waals surface area (Å²) in [6.45, 7) is 10.2. The number of carbonyl (C=O) groups excluding carboxylic acids is 1. The first kappa shape index (κ1) is 24.7. The summed E-state index contributed by atoms with van der Waals surface area (Å²) in [5, 5.41) is 6.53. The van der Waals surface area contributed by atoms with E-state index in [9.17, 15) is 4.79 Å². The van der Waals surface area contributed by atoms with Gasteiger partial charge in [0, 0.05) is 38.4 Å². The number of imidazole rings is 1. The minimum absolute atomic E-state index is 0.105. The summed E-state index contributed by atoms with van der Waals surface area (Å²) < 4.78 is 17.8. The molecule has 1 saturated carbocycles. The van der Waals surface area contributed by atoms with Gasteiger partial charge in [-0.25, -0.2) is 14.9 Å². The van der Waals surface area contributed by atoms with E-state index in [-0.39, 0.29) is 16.8 Å². The molecule has 5 rings (SSSR count). The van der Waals surface area contributed by atoms with Gasteiger partial charge in [0.05, 0.1) is 29.7 Å². The molecule has 0 spiro atoms. The summed E-state index contributed by atoms with van der Waals surface area (Å²) in [5.74, 6) is -0.521. The molecule has 0 unspecified atom stereocenters. The van der Waals surface area contributed by atoms with Crippen LogP contribution in [0.4, 0.5) is 15.8 Å². The fourth-order valence-electron chi connectivity index (χ4n) is 4.69. The zero-order chi connectivity index (χ0) is 25.1. The highest BCUT2D eigenvalue weighted by Crippen LogP contribution is 2.33. The van der Waals surface area contributed by atoms with Crippen LogP contribution in [0.2, 0.25) is 0 Å². The Kier molecular flexibility index (Phi) is 7.50. The van der Waals surface area contributed by atoms with Crippen molar-refractivity contribution in [2.45, 2.75) is 39.7 Å². The molecule has 1 saturated heterocycles. The third-order valence-corrected chi connectivity index (χ3v) is 7.01. The van der Waals surface area contributed by atoms with Crippen molar-refractivity contribution < 1.29 is 14.0 Å². The third kappa shape index (κ3) is 5.69. The Hall–Kier alpha value is -3.01. The monoisotopic (exact) mass is 494 g/mol. The van der Waals surface area contributed by atoms with Crippen molar-refractivity contribution in [3.8, 4) is 0 Å². The molecule has 8 nitrogen and oxygen atoms in total. The van der Waals surface area contributed by atoms with Gasteiger partial charge in [0.1, 0.15) is 5.52 Å². The maximum absolute atomic E-state index is 15.9. The number of aryl methyl sites for hydroxylation is 3. The van der Waals surface area contributed by atoms with Gasteiger partial charge in [-0.1, -0.05) is 17.7 Å². The SMILES string of the molecule is Cc1ccc(Nc2c(C(=O)NOCC3CC3)cc3c(ncn3CCCN3CCNCC3)c2F)c(C)c1. The molecule has 0 radical (unpaired) electrons. The molecule has 2 aromatic carbocycles. The van der Waals surface area contributed by atoms with E-state index in [1.165, 1.54) is 0 Å². The molecule has 0 atom stereocenters. The Labute approximate surface area is 211 Å². The zero-order valence-electron chi connectivity index (χ0n) is 21.1. The summed E-state index contributed by atoms with van der Waals surface area (Å²) in [7, 11) is 0. The topological polar surface area (TPSA) is 83.5 Å². The van der Waals surface area contributed by atoms with Gasteiger partial charge in [-0.3, -0.25) is 9.63 Å². The summed E-state index contributed by atoms with van der Waals surface area (Å²) in [5.41, 5.74) is 6.49. The molecule has 1 aliphatic carbocycles. The first-order valence-electron chi connectivity index (χ1n) is 12.9. The summed E-state index contributed by atoms with van der Waals surface area (Å²) in [4.78, 5) is 25.4. The van der Waals surface area contributed by atoms with Crippen molar-refractivity contribution in [1.82, 2.24) is 25.2 Å². The number of amides is 1.